The van der Waals surface area contributed by atoms with Gasteiger partial charge in [0.25, 0.3) is 0 Å². The lowest BCUT2D eigenvalue weighted by atomic mass is 9.75. The van der Waals surface area contributed by atoms with Crippen molar-refractivity contribution in [1.82, 2.24) is 19.7 Å². The zero-order valence-corrected chi connectivity index (χ0v) is 13.9. The van der Waals surface area contributed by atoms with E-state index in [1.54, 1.807) is 6.33 Å². The van der Waals surface area contributed by atoms with Gasteiger partial charge in [-0.3, -0.25) is 4.79 Å². The third-order valence-electron chi connectivity index (χ3n) is 4.90. The Morgan fingerprint density at radius 1 is 1.26 bits per heavy atom. The zero-order valence-electron chi connectivity index (χ0n) is 13.9. The van der Waals surface area contributed by atoms with Crippen LogP contribution in [0.15, 0.2) is 36.7 Å². The molecule has 0 radical (unpaired) electrons. The largest absolute Gasteiger partial charge is 0.341 e. The van der Waals surface area contributed by atoms with Gasteiger partial charge in [0.2, 0.25) is 5.91 Å². The predicted molar refractivity (Wildman–Crippen MR) is 89.0 cm³/mol. The summed E-state index contributed by atoms with van der Waals surface area (Å²) in [6.45, 7) is 6.68. The predicted octanol–water partition coefficient (Wildman–Crippen LogP) is 2.42. The molecule has 1 aliphatic rings. The van der Waals surface area contributed by atoms with E-state index in [9.17, 15) is 4.79 Å². The summed E-state index contributed by atoms with van der Waals surface area (Å²) < 4.78 is 2.03. The number of nitrogens with zero attached hydrogens (tertiary/aromatic N) is 4. The first-order chi connectivity index (χ1) is 11.1. The van der Waals surface area contributed by atoms with Crippen LogP contribution in [0.4, 0.5) is 0 Å². The summed E-state index contributed by atoms with van der Waals surface area (Å²) in [7, 11) is 0. The highest BCUT2D eigenvalue weighted by Crippen LogP contribution is 2.34. The van der Waals surface area contributed by atoms with E-state index in [-0.39, 0.29) is 11.3 Å². The molecule has 5 heteroatoms. The van der Waals surface area contributed by atoms with Gasteiger partial charge in [-0.15, -0.1) is 10.2 Å². The molecule has 1 amide bonds. The molecule has 5 nitrogen and oxygen atoms in total. The van der Waals surface area contributed by atoms with Gasteiger partial charge in [0, 0.05) is 37.9 Å². The van der Waals surface area contributed by atoms with Gasteiger partial charge in [-0.1, -0.05) is 37.3 Å². The van der Waals surface area contributed by atoms with Gasteiger partial charge in [-0.05, 0) is 18.9 Å². The first kappa shape index (κ1) is 15.7. The first-order valence-corrected chi connectivity index (χ1v) is 8.32. The smallest absolute Gasteiger partial charge is 0.222 e. The van der Waals surface area contributed by atoms with E-state index < -0.39 is 0 Å². The Labute approximate surface area is 137 Å². The summed E-state index contributed by atoms with van der Waals surface area (Å²) in [6, 6.07) is 10.5. The minimum Gasteiger partial charge on any atom is -0.341 e. The van der Waals surface area contributed by atoms with Crippen molar-refractivity contribution < 1.29 is 4.79 Å². The monoisotopic (exact) mass is 312 g/mol. The third-order valence-corrected chi connectivity index (χ3v) is 4.90. The topological polar surface area (TPSA) is 51.0 Å². The van der Waals surface area contributed by atoms with Crippen molar-refractivity contribution in [3.05, 3.63) is 48.0 Å². The number of carbonyl (C=O) groups excluding carboxylic acids is 1. The normalized spacial score (nSPS) is 21.7. The average molecular weight is 312 g/mol. The van der Waals surface area contributed by atoms with Crippen molar-refractivity contribution in [1.29, 1.82) is 0 Å². The van der Waals surface area contributed by atoms with Crippen molar-refractivity contribution in [3.8, 4) is 0 Å². The molecule has 0 spiro atoms. The summed E-state index contributed by atoms with van der Waals surface area (Å²) in [6.07, 6.45) is 4.04. The van der Waals surface area contributed by atoms with Crippen LogP contribution < -0.4 is 0 Å². The highest BCUT2D eigenvalue weighted by Gasteiger charge is 2.36. The number of aryl methyl sites for hydroxylation is 1. The molecule has 1 aliphatic heterocycles. The Bertz CT molecular complexity index is 667. The van der Waals surface area contributed by atoms with Gasteiger partial charge in [-0.25, -0.2) is 0 Å². The fourth-order valence-electron chi connectivity index (χ4n) is 3.38. The SMILES string of the molecule is CCn1cnnc1CCN1CC(C)(c2ccccc2)CCC1=O. The molecule has 23 heavy (non-hydrogen) atoms. The molecule has 0 saturated carbocycles. The highest BCUT2D eigenvalue weighted by atomic mass is 16.2. The van der Waals surface area contributed by atoms with Crippen LogP contribution in [0.1, 0.15) is 38.1 Å². The molecule has 2 heterocycles. The quantitative estimate of drug-likeness (QED) is 0.852. The lowest BCUT2D eigenvalue weighted by Gasteiger charge is -2.40. The number of hydrogen-bond donors (Lipinski definition) is 0. The molecule has 0 bridgehead atoms. The molecule has 1 atom stereocenters. The molecule has 1 saturated heterocycles. The molecule has 0 aliphatic carbocycles. The zero-order chi connectivity index (χ0) is 16.3. The maximum Gasteiger partial charge on any atom is 0.222 e. The molecule has 1 aromatic carbocycles. The fourth-order valence-corrected chi connectivity index (χ4v) is 3.38. The van der Waals surface area contributed by atoms with Gasteiger partial charge >= 0.3 is 0 Å². The molecule has 1 unspecified atom stereocenters. The highest BCUT2D eigenvalue weighted by molar-refractivity contribution is 5.77. The summed E-state index contributed by atoms with van der Waals surface area (Å²) in [5, 5.41) is 8.13. The van der Waals surface area contributed by atoms with Crippen molar-refractivity contribution in [2.45, 2.75) is 45.1 Å². The Hall–Kier alpha value is -2.17. The Balaban J connectivity index is 1.70. The van der Waals surface area contributed by atoms with Crippen LogP contribution in [0.25, 0.3) is 0 Å². The molecule has 2 aromatic rings. The van der Waals surface area contributed by atoms with Crippen LogP contribution in [0.3, 0.4) is 0 Å². The molecule has 1 fully saturated rings. The third kappa shape index (κ3) is 3.28. The summed E-state index contributed by atoms with van der Waals surface area (Å²) in [4.78, 5) is 14.3. The van der Waals surface area contributed by atoms with E-state index >= 15 is 0 Å². The summed E-state index contributed by atoms with van der Waals surface area (Å²) in [5.41, 5.74) is 1.35. The van der Waals surface area contributed by atoms with E-state index in [0.29, 0.717) is 13.0 Å². The number of rotatable bonds is 5. The van der Waals surface area contributed by atoms with Gasteiger partial charge in [0.15, 0.2) is 0 Å². The van der Waals surface area contributed by atoms with Gasteiger partial charge < -0.3 is 9.47 Å². The summed E-state index contributed by atoms with van der Waals surface area (Å²) >= 11 is 0. The van der Waals surface area contributed by atoms with E-state index in [1.165, 1.54) is 5.56 Å². The van der Waals surface area contributed by atoms with Crippen LogP contribution in [0.2, 0.25) is 0 Å². The molecule has 3 rings (SSSR count). The van der Waals surface area contributed by atoms with Gasteiger partial charge in [0.05, 0.1) is 0 Å². The number of aromatic nitrogens is 3. The minimum atomic E-state index is 0.0353. The number of carbonyl (C=O) groups is 1. The van der Waals surface area contributed by atoms with Crippen molar-refractivity contribution >= 4 is 5.91 Å². The molecular weight excluding hydrogens is 288 g/mol. The van der Waals surface area contributed by atoms with E-state index in [2.05, 4.69) is 48.3 Å². The standard InChI is InChI=1S/C18H24N4O/c1-3-21-14-19-20-16(21)10-12-22-13-18(2,11-9-17(22)23)15-7-5-4-6-8-15/h4-8,14H,3,9-13H2,1-2H3. The molecular formula is C18H24N4O. The Morgan fingerprint density at radius 3 is 2.78 bits per heavy atom. The summed E-state index contributed by atoms with van der Waals surface area (Å²) in [5.74, 6) is 1.20. The Morgan fingerprint density at radius 2 is 2.04 bits per heavy atom. The maximum absolute atomic E-state index is 12.3. The first-order valence-electron chi connectivity index (χ1n) is 8.32. The van der Waals surface area contributed by atoms with Crippen LogP contribution in [0.5, 0.6) is 0 Å². The fraction of sp³-hybridized carbons (Fsp3) is 0.500. The van der Waals surface area contributed by atoms with Crippen LogP contribution in [-0.2, 0) is 23.2 Å². The van der Waals surface area contributed by atoms with Gasteiger partial charge in [0.1, 0.15) is 12.2 Å². The maximum atomic E-state index is 12.3. The number of hydrogen-bond acceptors (Lipinski definition) is 3. The molecule has 0 N–H and O–H groups in total. The van der Waals surface area contributed by atoms with E-state index in [1.807, 2.05) is 15.5 Å². The number of benzene rings is 1. The Kier molecular flexibility index (Phi) is 4.46. The van der Waals surface area contributed by atoms with E-state index in [4.69, 9.17) is 0 Å². The minimum absolute atomic E-state index is 0.0353. The average Bonchev–Trinajstić information content (AvgIpc) is 3.04. The van der Waals surface area contributed by atoms with Crippen LogP contribution >= 0.6 is 0 Å². The number of amides is 1. The second kappa shape index (κ2) is 6.52. The van der Waals surface area contributed by atoms with Crippen LogP contribution in [0, 0.1) is 0 Å². The molecule has 1 aromatic heterocycles. The number of likely N-dealkylation sites (tertiary alicyclic amines) is 1. The van der Waals surface area contributed by atoms with Crippen molar-refractivity contribution in [2.24, 2.45) is 0 Å². The number of piperidine rings is 1. The van der Waals surface area contributed by atoms with E-state index in [0.717, 1.165) is 31.8 Å². The second-order valence-electron chi connectivity index (χ2n) is 6.53. The van der Waals surface area contributed by atoms with Crippen LogP contribution in [-0.4, -0.2) is 38.7 Å². The van der Waals surface area contributed by atoms with Crippen molar-refractivity contribution in [3.63, 3.8) is 0 Å². The van der Waals surface area contributed by atoms with Crippen molar-refractivity contribution in [2.75, 3.05) is 13.1 Å². The second-order valence-corrected chi connectivity index (χ2v) is 6.53. The van der Waals surface area contributed by atoms with Gasteiger partial charge in [-0.2, -0.15) is 0 Å². The lowest BCUT2D eigenvalue weighted by molar-refractivity contribution is -0.135. The molecule has 122 valence electrons. The lowest BCUT2D eigenvalue weighted by Crippen LogP contribution is -2.48.